The van der Waals surface area contributed by atoms with Crippen LogP contribution in [-0.2, 0) is 14.5 Å². The van der Waals surface area contributed by atoms with Crippen molar-refractivity contribution in [3.8, 4) is 0 Å². The summed E-state index contributed by atoms with van der Waals surface area (Å²) in [5.74, 6) is 0.246. The highest BCUT2D eigenvalue weighted by Crippen LogP contribution is 2.54. The standard InChI is InChI=1S/C15H26O3/c1-3-4-9-14-11-8-13-7-5-6-10-15(13,17-14)12(2)16-18-14/h12-13H,3-11H2,1-2H3/t12?,13-,14?,15+/m1/s1. The second kappa shape index (κ2) is 4.77. The molecular formula is C15H26O3. The van der Waals surface area contributed by atoms with Crippen molar-refractivity contribution in [1.29, 1.82) is 0 Å². The maximum Gasteiger partial charge on any atom is 0.202 e. The van der Waals surface area contributed by atoms with E-state index in [0.29, 0.717) is 5.92 Å². The molecule has 0 amide bonds. The zero-order valence-corrected chi connectivity index (χ0v) is 11.7. The fraction of sp³-hybridized carbons (Fsp3) is 1.00. The molecule has 0 radical (unpaired) electrons. The number of fused-ring (bicyclic) bond motifs is 1. The third-order valence-corrected chi connectivity index (χ3v) is 5.25. The van der Waals surface area contributed by atoms with E-state index in [2.05, 4.69) is 13.8 Å². The van der Waals surface area contributed by atoms with Gasteiger partial charge in [-0.25, -0.2) is 9.78 Å². The average molecular weight is 254 g/mol. The summed E-state index contributed by atoms with van der Waals surface area (Å²) in [5.41, 5.74) is -0.0531. The summed E-state index contributed by atoms with van der Waals surface area (Å²) >= 11 is 0. The zero-order chi connectivity index (χ0) is 12.6. The number of ether oxygens (including phenoxy) is 1. The van der Waals surface area contributed by atoms with Crippen LogP contribution < -0.4 is 0 Å². The largest absolute Gasteiger partial charge is 0.338 e. The van der Waals surface area contributed by atoms with Gasteiger partial charge in [0.05, 0.1) is 0 Å². The van der Waals surface area contributed by atoms with Gasteiger partial charge in [-0.3, -0.25) is 0 Å². The summed E-state index contributed by atoms with van der Waals surface area (Å²) < 4.78 is 6.57. The van der Waals surface area contributed by atoms with E-state index < -0.39 is 5.79 Å². The molecule has 3 aliphatic rings. The quantitative estimate of drug-likeness (QED) is 0.713. The predicted molar refractivity (Wildman–Crippen MR) is 68.9 cm³/mol. The van der Waals surface area contributed by atoms with Crippen molar-refractivity contribution in [2.24, 2.45) is 5.92 Å². The van der Waals surface area contributed by atoms with Gasteiger partial charge >= 0.3 is 0 Å². The number of unbranched alkanes of at least 4 members (excludes halogenated alkanes) is 1. The number of rotatable bonds is 3. The van der Waals surface area contributed by atoms with Gasteiger partial charge in [-0.15, -0.1) is 0 Å². The minimum absolute atomic E-state index is 0.0531. The van der Waals surface area contributed by atoms with Crippen molar-refractivity contribution < 1.29 is 14.5 Å². The molecule has 2 heterocycles. The highest BCUT2D eigenvalue weighted by Gasteiger charge is 2.59. The van der Waals surface area contributed by atoms with Gasteiger partial charge in [0.1, 0.15) is 11.7 Å². The third-order valence-electron chi connectivity index (χ3n) is 5.25. The topological polar surface area (TPSA) is 27.7 Å². The van der Waals surface area contributed by atoms with Gasteiger partial charge in [-0.1, -0.05) is 26.2 Å². The van der Waals surface area contributed by atoms with Gasteiger partial charge in [-0.2, -0.15) is 0 Å². The van der Waals surface area contributed by atoms with Crippen LogP contribution in [0.2, 0.25) is 0 Å². The lowest BCUT2D eigenvalue weighted by atomic mass is 9.67. The van der Waals surface area contributed by atoms with Crippen LogP contribution in [0.25, 0.3) is 0 Å². The van der Waals surface area contributed by atoms with Crippen LogP contribution >= 0.6 is 0 Å². The van der Waals surface area contributed by atoms with Crippen molar-refractivity contribution in [3.63, 3.8) is 0 Å². The highest BCUT2D eigenvalue weighted by molar-refractivity contribution is 5.02. The average Bonchev–Trinajstić information content (AvgIpc) is 2.41. The van der Waals surface area contributed by atoms with Crippen LogP contribution in [0.4, 0.5) is 0 Å². The van der Waals surface area contributed by atoms with E-state index in [1.165, 1.54) is 32.1 Å². The lowest BCUT2D eigenvalue weighted by Crippen LogP contribution is -2.65. The van der Waals surface area contributed by atoms with Crippen molar-refractivity contribution in [2.75, 3.05) is 0 Å². The van der Waals surface area contributed by atoms with E-state index in [-0.39, 0.29) is 11.7 Å². The maximum absolute atomic E-state index is 6.57. The van der Waals surface area contributed by atoms with E-state index in [1.54, 1.807) is 0 Å². The lowest BCUT2D eigenvalue weighted by Gasteiger charge is -2.58. The van der Waals surface area contributed by atoms with E-state index in [4.69, 9.17) is 14.5 Å². The number of hydrogen-bond acceptors (Lipinski definition) is 3. The Balaban J connectivity index is 1.82. The molecular weight excluding hydrogens is 228 g/mol. The second-order valence-corrected chi connectivity index (χ2v) is 6.37. The maximum atomic E-state index is 6.57. The fourth-order valence-electron chi connectivity index (χ4n) is 4.14. The van der Waals surface area contributed by atoms with Crippen LogP contribution in [0.1, 0.15) is 71.6 Å². The van der Waals surface area contributed by atoms with Crippen LogP contribution in [0.3, 0.4) is 0 Å². The molecule has 3 rings (SSSR count). The van der Waals surface area contributed by atoms with Crippen molar-refractivity contribution in [3.05, 3.63) is 0 Å². The molecule has 1 spiro atoms. The minimum Gasteiger partial charge on any atom is -0.338 e. The summed E-state index contributed by atoms with van der Waals surface area (Å²) in [6, 6.07) is 0. The highest BCUT2D eigenvalue weighted by atomic mass is 17.2. The monoisotopic (exact) mass is 254 g/mol. The first-order chi connectivity index (χ1) is 8.71. The van der Waals surface area contributed by atoms with Crippen molar-refractivity contribution in [1.82, 2.24) is 0 Å². The molecule has 1 saturated carbocycles. The van der Waals surface area contributed by atoms with Crippen molar-refractivity contribution >= 4 is 0 Å². The van der Waals surface area contributed by atoms with Gasteiger partial charge in [0.15, 0.2) is 0 Å². The molecule has 2 saturated heterocycles. The predicted octanol–water partition coefficient (Wildman–Crippen LogP) is 3.96. The van der Waals surface area contributed by atoms with Gasteiger partial charge in [0, 0.05) is 12.8 Å². The molecule has 2 unspecified atom stereocenters. The first-order valence-corrected chi connectivity index (χ1v) is 7.75. The Hall–Kier alpha value is -0.120. The Morgan fingerprint density at radius 2 is 2.06 bits per heavy atom. The summed E-state index contributed by atoms with van der Waals surface area (Å²) in [5, 5.41) is 0. The second-order valence-electron chi connectivity index (χ2n) is 6.37. The van der Waals surface area contributed by atoms with Crippen LogP contribution in [0.5, 0.6) is 0 Å². The molecule has 0 aromatic rings. The SMILES string of the molecule is CCCCC12CC[C@H]3CCCC[C@]3(O1)C(C)OO2. The van der Waals surface area contributed by atoms with Crippen LogP contribution in [0, 0.1) is 5.92 Å². The first kappa shape index (κ1) is 12.9. The Labute approximate surface area is 110 Å². The Kier molecular flexibility index (Phi) is 3.41. The number of hydrogen-bond donors (Lipinski definition) is 0. The summed E-state index contributed by atoms with van der Waals surface area (Å²) in [6.45, 7) is 4.33. The van der Waals surface area contributed by atoms with E-state index in [1.807, 2.05) is 0 Å². The van der Waals surface area contributed by atoms with Crippen LogP contribution in [-0.4, -0.2) is 17.5 Å². The van der Waals surface area contributed by atoms with E-state index >= 15 is 0 Å². The molecule has 104 valence electrons. The van der Waals surface area contributed by atoms with Gasteiger partial charge in [0.25, 0.3) is 0 Å². The molecule has 2 bridgehead atoms. The molecule has 3 heteroatoms. The van der Waals surface area contributed by atoms with Gasteiger partial charge < -0.3 is 4.74 Å². The molecule has 0 N–H and O–H groups in total. The zero-order valence-electron chi connectivity index (χ0n) is 11.7. The minimum atomic E-state index is -0.434. The van der Waals surface area contributed by atoms with E-state index in [9.17, 15) is 0 Å². The smallest absolute Gasteiger partial charge is 0.202 e. The first-order valence-electron chi connectivity index (χ1n) is 7.75. The summed E-state index contributed by atoms with van der Waals surface area (Å²) in [4.78, 5) is 11.4. The third kappa shape index (κ3) is 1.91. The fourth-order valence-corrected chi connectivity index (χ4v) is 4.14. The molecule has 4 atom stereocenters. The van der Waals surface area contributed by atoms with Gasteiger partial charge in [-0.05, 0) is 38.5 Å². The van der Waals surface area contributed by atoms with Crippen LogP contribution in [0.15, 0.2) is 0 Å². The summed E-state index contributed by atoms with van der Waals surface area (Å²) in [6.07, 6.45) is 10.7. The van der Waals surface area contributed by atoms with Gasteiger partial charge in [0.2, 0.25) is 5.79 Å². The molecule has 0 aromatic carbocycles. The molecule has 2 aliphatic heterocycles. The lowest BCUT2D eigenvalue weighted by molar-refractivity contribution is -0.541. The van der Waals surface area contributed by atoms with Crippen molar-refractivity contribution in [2.45, 2.75) is 89.1 Å². The van der Waals surface area contributed by atoms with E-state index in [0.717, 1.165) is 25.7 Å². The molecule has 0 aromatic heterocycles. The molecule has 18 heavy (non-hydrogen) atoms. The summed E-state index contributed by atoms with van der Waals surface area (Å²) in [7, 11) is 0. The normalized spacial score (nSPS) is 47.7. The molecule has 3 nitrogen and oxygen atoms in total. The Bertz CT molecular complexity index is 302. The molecule has 3 fully saturated rings. The molecule has 1 aliphatic carbocycles. The Morgan fingerprint density at radius 3 is 2.89 bits per heavy atom. The Morgan fingerprint density at radius 1 is 1.17 bits per heavy atom.